The van der Waals surface area contributed by atoms with Crippen LogP contribution in [0.5, 0.6) is 11.5 Å². The van der Waals surface area contributed by atoms with Crippen LogP contribution in [0.3, 0.4) is 0 Å². The standard InChI is InChI=1S/C48H50N4O2/c1-31-27-37(45(53)43(29-31)51-39-21-13-9-17-33(39)34-18-10-14-22-40(34)51)47(3,4)50(26-25-49(7)8)48(5,6)38-28-32(2)30-44(46(38)54)52-41-23-15-11-19-35(41)36-20-12-16-24-42(36)52/h9-24,27-30,53-54H,25-26H2,1-8H3. The van der Waals surface area contributed by atoms with E-state index < -0.39 is 11.1 Å². The molecule has 0 aliphatic heterocycles. The average Bonchev–Trinajstić information content (AvgIpc) is 3.66. The minimum absolute atomic E-state index is 0.252. The van der Waals surface area contributed by atoms with Crippen LogP contribution in [0, 0.1) is 13.8 Å². The molecule has 6 aromatic carbocycles. The lowest BCUT2D eigenvalue weighted by Crippen LogP contribution is -2.54. The smallest absolute Gasteiger partial charge is 0.144 e. The van der Waals surface area contributed by atoms with Crippen LogP contribution in [0.25, 0.3) is 55.0 Å². The van der Waals surface area contributed by atoms with Crippen molar-refractivity contribution in [2.75, 3.05) is 27.2 Å². The number of aryl methyl sites for hydroxylation is 2. The molecule has 2 N–H and O–H groups in total. The first-order valence-electron chi connectivity index (χ1n) is 18.9. The number of fused-ring (bicyclic) bond motifs is 6. The molecule has 2 aromatic heterocycles. The molecule has 0 fully saturated rings. The summed E-state index contributed by atoms with van der Waals surface area (Å²) in [6, 6.07) is 42.1. The number of benzene rings is 6. The summed E-state index contributed by atoms with van der Waals surface area (Å²) >= 11 is 0. The summed E-state index contributed by atoms with van der Waals surface area (Å²) < 4.78 is 4.40. The third-order valence-corrected chi connectivity index (χ3v) is 11.5. The Kier molecular flexibility index (Phi) is 8.59. The molecule has 6 nitrogen and oxygen atoms in total. The summed E-state index contributed by atoms with van der Waals surface area (Å²) in [6.07, 6.45) is 0. The van der Waals surface area contributed by atoms with E-state index in [9.17, 15) is 10.2 Å². The van der Waals surface area contributed by atoms with Gasteiger partial charge in [0.15, 0.2) is 0 Å². The normalized spacial score (nSPS) is 12.7. The molecule has 6 heteroatoms. The van der Waals surface area contributed by atoms with Crippen molar-refractivity contribution in [3.05, 3.63) is 144 Å². The lowest BCUT2D eigenvalue weighted by molar-refractivity contribution is 0.00299. The molecule has 0 aliphatic carbocycles. The number of phenols is 2. The van der Waals surface area contributed by atoms with E-state index in [1.54, 1.807) is 0 Å². The maximum absolute atomic E-state index is 12.6. The fourth-order valence-electron chi connectivity index (χ4n) is 9.01. The SMILES string of the molecule is Cc1cc(-n2c3ccccc3c3ccccc32)c(O)c(C(C)(C)N(CCN(C)C)C(C)(C)c2cc(C)cc(-n3c4ccccc4c4ccccc43)c2O)c1. The van der Waals surface area contributed by atoms with Crippen LogP contribution in [0.2, 0.25) is 0 Å². The molecule has 0 unspecified atom stereocenters. The van der Waals surface area contributed by atoms with Crippen LogP contribution in [0.15, 0.2) is 121 Å². The number of rotatable bonds is 9. The zero-order chi connectivity index (χ0) is 38.1. The predicted octanol–water partition coefficient (Wildman–Crippen LogP) is 10.9. The lowest BCUT2D eigenvalue weighted by atomic mass is 9.81. The van der Waals surface area contributed by atoms with E-state index in [-0.39, 0.29) is 11.5 Å². The van der Waals surface area contributed by atoms with Crippen molar-refractivity contribution in [1.29, 1.82) is 0 Å². The van der Waals surface area contributed by atoms with Gasteiger partial charge < -0.3 is 24.2 Å². The van der Waals surface area contributed by atoms with Gasteiger partial charge in [-0.1, -0.05) is 84.9 Å². The van der Waals surface area contributed by atoms with Crippen molar-refractivity contribution < 1.29 is 10.2 Å². The summed E-state index contributed by atoms with van der Waals surface area (Å²) in [5, 5.41) is 29.7. The first-order chi connectivity index (χ1) is 25.8. The third-order valence-electron chi connectivity index (χ3n) is 11.5. The second-order valence-corrected chi connectivity index (χ2v) is 16.2. The monoisotopic (exact) mass is 714 g/mol. The second-order valence-electron chi connectivity index (χ2n) is 16.2. The van der Waals surface area contributed by atoms with Crippen molar-refractivity contribution in [3.63, 3.8) is 0 Å². The fraction of sp³-hybridized carbons (Fsp3) is 0.250. The number of aromatic nitrogens is 2. The van der Waals surface area contributed by atoms with Crippen molar-refractivity contribution in [2.45, 2.75) is 52.6 Å². The van der Waals surface area contributed by atoms with Gasteiger partial charge in [-0.15, -0.1) is 0 Å². The van der Waals surface area contributed by atoms with E-state index in [1.807, 2.05) is 0 Å². The Morgan fingerprint density at radius 1 is 0.481 bits per heavy atom. The Labute approximate surface area is 318 Å². The number of phenolic OH excluding ortho intramolecular Hbond substituents is 2. The van der Waals surface area contributed by atoms with Crippen LogP contribution in [0.4, 0.5) is 0 Å². The molecule has 0 atom stereocenters. The second kappa shape index (κ2) is 13.1. The van der Waals surface area contributed by atoms with Crippen LogP contribution < -0.4 is 0 Å². The molecule has 274 valence electrons. The van der Waals surface area contributed by atoms with Crippen LogP contribution in [-0.2, 0) is 11.1 Å². The summed E-state index contributed by atoms with van der Waals surface area (Å²) in [7, 11) is 4.18. The summed E-state index contributed by atoms with van der Waals surface area (Å²) in [6.45, 7) is 14.5. The molecular formula is C48H50N4O2. The van der Waals surface area contributed by atoms with Crippen molar-refractivity contribution >= 4 is 43.6 Å². The number of hydrogen-bond donors (Lipinski definition) is 2. The van der Waals surface area contributed by atoms with E-state index in [0.717, 1.165) is 83.8 Å². The zero-order valence-corrected chi connectivity index (χ0v) is 32.6. The van der Waals surface area contributed by atoms with E-state index in [4.69, 9.17) is 0 Å². The summed E-state index contributed by atoms with van der Waals surface area (Å²) in [5.74, 6) is 0.504. The van der Waals surface area contributed by atoms with Crippen molar-refractivity contribution in [2.24, 2.45) is 0 Å². The van der Waals surface area contributed by atoms with Crippen molar-refractivity contribution in [3.8, 4) is 22.9 Å². The molecule has 0 saturated heterocycles. The quantitative estimate of drug-likeness (QED) is 0.156. The topological polar surface area (TPSA) is 56.8 Å². The van der Waals surface area contributed by atoms with Gasteiger partial charge in [0, 0.05) is 56.8 Å². The molecular weight excluding hydrogens is 665 g/mol. The summed E-state index contributed by atoms with van der Waals surface area (Å²) in [5.41, 5.74) is 8.13. The molecule has 54 heavy (non-hydrogen) atoms. The van der Waals surface area contributed by atoms with E-state index in [2.05, 4.69) is 196 Å². The number of hydrogen-bond acceptors (Lipinski definition) is 4. The highest BCUT2D eigenvalue weighted by Crippen LogP contribution is 2.48. The van der Waals surface area contributed by atoms with Gasteiger partial charge >= 0.3 is 0 Å². The molecule has 8 rings (SSSR count). The maximum Gasteiger partial charge on any atom is 0.144 e. The Morgan fingerprint density at radius 2 is 0.796 bits per heavy atom. The molecule has 0 radical (unpaired) electrons. The van der Waals surface area contributed by atoms with E-state index in [1.165, 1.54) is 0 Å². The Balaban J connectivity index is 1.32. The van der Waals surface area contributed by atoms with Crippen LogP contribution in [0.1, 0.15) is 49.9 Å². The average molecular weight is 715 g/mol. The number of para-hydroxylation sites is 4. The maximum atomic E-state index is 12.6. The molecule has 8 aromatic rings. The first kappa shape index (κ1) is 35.5. The molecule has 0 spiro atoms. The third kappa shape index (κ3) is 5.55. The van der Waals surface area contributed by atoms with Crippen LogP contribution in [-0.4, -0.2) is 56.3 Å². The van der Waals surface area contributed by atoms with Gasteiger partial charge in [-0.25, -0.2) is 0 Å². The minimum atomic E-state index is -0.688. The molecule has 0 saturated carbocycles. The zero-order valence-electron chi connectivity index (χ0n) is 32.6. The van der Waals surface area contributed by atoms with Crippen molar-refractivity contribution in [1.82, 2.24) is 18.9 Å². The first-order valence-corrected chi connectivity index (χ1v) is 18.9. The Hall–Kier alpha value is -5.56. The Morgan fingerprint density at radius 3 is 1.11 bits per heavy atom. The number of aromatic hydroxyl groups is 2. The van der Waals surface area contributed by atoms with Gasteiger partial charge in [0.25, 0.3) is 0 Å². The largest absolute Gasteiger partial charge is 0.505 e. The molecule has 0 amide bonds. The van der Waals surface area contributed by atoms with Gasteiger partial charge in [-0.2, -0.15) is 0 Å². The van der Waals surface area contributed by atoms with Gasteiger partial charge in [-0.3, -0.25) is 4.90 Å². The number of nitrogens with zero attached hydrogens (tertiary/aromatic N) is 4. The van der Waals surface area contributed by atoms with E-state index in [0.29, 0.717) is 6.54 Å². The van der Waals surface area contributed by atoms with Gasteiger partial charge in [0.2, 0.25) is 0 Å². The minimum Gasteiger partial charge on any atom is -0.505 e. The Bertz CT molecular complexity index is 2420. The predicted molar refractivity (Wildman–Crippen MR) is 226 cm³/mol. The summed E-state index contributed by atoms with van der Waals surface area (Å²) in [4.78, 5) is 4.65. The number of likely N-dealkylation sites (N-methyl/N-ethyl adjacent to an activating group) is 1. The van der Waals surface area contributed by atoms with Gasteiger partial charge in [-0.05, 0) is 103 Å². The molecule has 2 heterocycles. The van der Waals surface area contributed by atoms with E-state index >= 15 is 0 Å². The highest BCUT2D eigenvalue weighted by Gasteiger charge is 2.43. The van der Waals surface area contributed by atoms with Gasteiger partial charge in [0.05, 0.1) is 33.4 Å². The lowest BCUT2D eigenvalue weighted by Gasteiger charge is -2.50. The van der Waals surface area contributed by atoms with Gasteiger partial charge in [0.1, 0.15) is 11.5 Å². The fourth-order valence-corrected chi connectivity index (χ4v) is 9.01. The highest BCUT2D eigenvalue weighted by atomic mass is 16.3. The molecule has 0 aliphatic rings. The molecule has 0 bridgehead atoms. The van der Waals surface area contributed by atoms with Crippen LogP contribution >= 0.6 is 0 Å². The highest BCUT2D eigenvalue weighted by molar-refractivity contribution is 6.10.